The second-order valence-electron chi connectivity index (χ2n) is 4.16. The van der Waals surface area contributed by atoms with E-state index in [1.165, 1.54) is 23.6 Å². The van der Waals surface area contributed by atoms with Crippen LogP contribution in [0.2, 0.25) is 0 Å². The van der Waals surface area contributed by atoms with E-state index in [4.69, 9.17) is 0 Å². The van der Waals surface area contributed by atoms with Crippen LogP contribution in [0.15, 0.2) is 47.2 Å². The molecule has 0 aliphatic rings. The third-order valence-corrected chi connectivity index (χ3v) is 3.62. The number of hydrogen-bond acceptors (Lipinski definition) is 2. The molecule has 1 unspecified atom stereocenters. The number of thiophene rings is 1. The van der Waals surface area contributed by atoms with Crippen LogP contribution in [0.25, 0.3) is 0 Å². The van der Waals surface area contributed by atoms with Gasteiger partial charge < -0.3 is 5.11 Å². The first-order valence-corrected chi connectivity index (χ1v) is 6.40. The molecule has 20 heavy (non-hydrogen) atoms. The molecule has 0 saturated heterocycles. The van der Waals surface area contributed by atoms with Crippen molar-refractivity contribution in [3.8, 4) is 0 Å². The molecule has 1 aromatic heterocycles. The van der Waals surface area contributed by atoms with Crippen molar-refractivity contribution in [3.63, 3.8) is 0 Å². The van der Waals surface area contributed by atoms with E-state index >= 15 is 0 Å². The molecule has 2 rings (SSSR count). The quantitative estimate of drug-likeness (QED) is 0.843. The summed E-state index contributed by atoms with van der Waals surface area (Å²) in [6.07, 6.45) is -5.88. The molecule has 2 aromatic rings. The van der Waals surface area contributed by atoms with Crippen molar-refractivity contribution in [2.24, 2.45) is 0 Å². The Balaban J connectivity index is 2.69. The molecule has 0 fully saturated rings. The van der Waals surface area contributed by atoms with Gasteiger partial charge in [0.2, 0.25) is 0 Å². The van der Waals surface area contributed by atoms with E-state index in [0.717, 1.165) is 34.9 Å². The highest BCUT2D eigenvalue weighted by atomic mass is 32.1. The maximum atomic E-state index is 13.9. The maximum absolute atomic E-state index is 13.9. The standard InChI is InChI=1S/C13H9F5OS/c14-12(15,13(16,17)18)11(19,10-6-7-20-8-10)9-4-2-1-3-5-9/h1-8,19H. The fraction of sp³-hybridized carbons (Fsp3) is 0.231. The van der Waals surface area contributed by atoms with Gasteiger partial charge in [-0.05, 0) is 22.4 Å². The molecular formula is C13H9F5OS. The van der Waals surface area contributed by atoms with E-state index in [1.54, 1.807) is 0 Å². The smallest absolute Gasteiger partial charge is 0.374 e. The number of hydrogen-bond donors (Lipinski definition) is 1. The number of alkyl halides is 5. The predicted molar refractivity (Wildman–Crippen MR) is 64.8 cm³/mol. The first-order chi connectivity index (χ1) is 9.21. The highest BCUT2D eigenvalue weighted by Crippen LogP contribution is 2.51. The molecule has 0 bridgehead atoms. The second kappa shape index (κ2) is 4.82. The molecular weight excluding hydrogens is 299 g/mol. The lowest BCUT2D eigenvalue weighted by Gasteiger charge is -2.36. The zero-order chi connectivity index (χ0) is 15.0. The van der Waals surface area contributed by atoms with Gasteiger partial charge in [-0.15, -0.1) is 0 Å². The van der Waals surface area contributed by atoms with Crippen molar-refractivity contribution >= 4 is 11.3 Å². The molecule has 7 heteroatoms. The van der Waals surface area contributed by atoms with Crippen LogP contribution in [-0.4, -0.2) is 17.2 Å². The van der Waals surface area contributed by atoms with Crippen LogP contribution in [0.3, 0.4) is 0 Å². The highest BCUT2D eigenvalue weighted by Gasteiger charge is 2.71. The summed E-state index contributed by atoms with van der Waals surface area (Å²) in [4.78, 5) is 0. The molecule has 1 N–H and O–H groups in total. The largest absolute Gasteiger partial charge is 0.457 e. The summed E-state index contributed by atoms with van der Waals surface area (Å²) in [5, 5.41) is 12.6. The van der Waals surface area contributed by atoms with Gasteiger partial charge in [0.25, 0.3) is 0 Å². The Hall–Kier alpha value is -1.47. The second-order valence-corrected chi connectivity index (χ2v) is 4.94. The van der Waals surface area contributed by atoms with Crippen LogP contribution >= 0.6 is 11.3 Å². The van der Waals surface area contributed by atoms with E-state index in [-0.39, 0.29) is 0 Å². The molecule has 0 aliphatic heterocycles. The predicted octanol–water partition coefficient (Wildman–Crippen LogP) is 4.18. The van der Waals surface area contributed by atoms with Gasteiger partial charge in [-0.1, -0.05) is 30.3 Å². The minimum absolute atomic E-state index is 0.490. The van der Waals surface area contributed by atoms with E-state index in [2.05, 4.69) is 0 Å². The minimum atomic E-state index is -5.88. The van der Waals surface area contributed by atoms with Gasteiger partial charge >= 0.3 is 12.1 Å². The Bertz CT molecular complexity index is 564. The summed E-state index contributed by atoms with van der Waals surface area (Å²) in [5.41, 5.74) is -4.45. The maximum Gasteiger partial charge on any atom is 0.457 e. The summed E-state index contributed by atoms with van der Waals surface area (Å²) in [5.74, 6) is -5.32. The lowest BCUT2D eigenvalue weighted by molar-refractivity contribution is -0.336. The van der Waals surface area contributed by atoms with Crippen molar-refractivity contribution in [3.05, 3.63) is 58.3 Å². The zero-order valence-corrected chi connectivity index (χ0v) is 10.7. The fourth-order valence-corrected chi connectivity index (χ4v) is 2.58. The van der Waals surface area contributed by atoms with E-state index in [0.29, 0.717) is 0 Å². The van der Waals surface area contributed by atoms with Gasteiger partial charge in [-0.3, -0.25) is 0 Å². The Labute approximate surface area is 115 Å². The summed E-state index contributed by atoms with van der Waals surface area (Å²) in [6.45, 7) is 0. The SMILES string of the molecule is OC(c1ccccc1)(c1ccsc1)C(F)(F)C(F)(F)F. The minimum Gasteiger partial charge on any atom is -0.374 e. The van der Waals surface area contributed by atoms with Crippen molar-refractivity contribution < 1.29 is 27.1 Å². The summed E-state index contributed by atoms with van der Waals surface area (Å²) in [6, 6.07) is 7.17. The van der Waals surface area contributed by atoms with Gasteiger partial charge in [0.1, 0.15) is 0 Å². The highest BCUT2D eigenvalue weighted by molar-refractivity contribution is 7.08. The topological polar surface area (TPSA) is 20.2 Å². The molecule has 0 radical (unpaired) electrons. The average molecular weight is 308 g/mol. The Morgan fingerprint density at radius 1 is 0.850 bits per heavy atom. The van der Waals surface area contributed by atoms with Crippen LogP contribution in [0, 0.1) is 0 Å². The van der Waals surface area contributed by atoms with E-state index in [1.807, 2.05) is 0 Å². The zero-order valence-electron chi connectivity index (χ0n) is 9.86. The fourth-order valence-electron chi connectivity index (χ4n) is 1.88. The molecule has 1 heterocycles. The lowest BCUT2D eigenvalue weighted by Crippen LogP contribution is -2.55. The Morgan fingerprint density at radius 2 is 1.45 bits per heavy atom. The van der Waals surface area contributed by atoms with Crippen molar-refractivity contribution in [2.45, 2.75) is 17.7 Å². The first-order valence-electron chi connectivity index (χ1n) is 5.46. The van der Waals surface area contributed by atoms with Gasteiger partial charge in [-0.2, -0.15) is 33.3 Å². The number of halogens is 5. The molecule has 0 spiro atoms. The number of aliphatic hydroxyl groups is 1. The summed E-state index contributed by atoms with van der Waals surface area (Å²) in [7, 11) is 0. The van der Waals surface area contributed by atoms with Crippen LogP contribution in [-0.2, 0) is 5.60 Å². The molecule has 0 saturated carbocycles. The molecule has 1 aromatic carbocycles. The third kappa shape index (κ3) is 2.10. The van der Waals surface area contributed by atoms with Crippen LogP contribution in [0.5, 0.6) is 0 Å². The lowest BCUT2D eigenvalue weighted by atomic mass is 9.82. The van der Waals surface area contributed by atoms with Gasteiger partial charge in [0.05, 0.1) is 0 Å². The molecule has 1 nitrogen and oxygen atoms in total. The number of rotatable bonds is 3. The molecule has 0 amide bonds. The summed E-state index contributed by atoms with van der Waals surface area (Å²) >= 11 is 0.927. The van der Waals surface area contributed by atoms with Gasteiger partial charge in [0, 0.05) is 5.56 Å². The average Bonchev–Trinajstić information content (AvgIpc) is 2.91. The molecule has 108 valence electrons. The first kappa shape index (κ1) is 14.9. The molecule has 0 aliphatic carbocycles. The van der Waals surface area contributed by atoms with Crippen LogP contribution in [0.4, 0.5) is 22.0 Å². The Morgan fingerprint density at radius 3 is 1.90 bits per heavy atom. The van der Waals surface area contributed by atoms with Crippen molar-refractivity contribution in [2.75, 3.05) is 0 Å². The molecule has 1 atom stereocenters. The number of benzene rings is 1. The van der Waals surface area contributed by atoms with Gasteiger partial charge in [0.15, 0.2) is 5.60 Å². The monoisotopic (exact) mass is 308 g/mol. The van der Waals surface area contributed by atoms with Crippen molar-refractivity contribution in [1.29, 1.82) is 0 Å². The summed E-state index contributed by atoms with van der Waals surface area (Å²) < 4.78 is 65.8. The van der Waals surface area contributed by atoms with E-state index in [9.17, 15) is 27.1 Å². The Kier molecular flexibility index (Phi) is 3.60. The third-order valence-electron chi connectivity index (χ3n) is 2.94. The van der Waals surface area contributed by atoms with Gasteiger partial charge in [-0.25, -0.2) is 0 Å². The van der Waals surface area contributed by atoms with Crippen LogP contribution in [0.1, 0.15) is 11.1 Å². The normalized spacial score (nSPS) is 15.9. The van der Waals surface area contributed by atoms with Crippen LogP contribution < -0.4 is 0 Å². The van der Waals surface area contributed by atoms with E-state index < -0.39 is 28.8 Å². The van der Waals surface area contributed by atoms with Crippen molar-refractivity contribution in [1.82, 2.24) is 0 Å².